The van der Waals surface area contributed by atoms with Crippen molar-refractivity contribution in [2.24, 2.45) is 0 Å². The number of hydrogen-bond acceptors (Lipinski definition) is 5. The van der Waals surface area contributed by atoms with E-state index >= 15 is 0 Å². The van der Waals surface area contributed by atoms with Crippen molar-refractivity contribution >= 4 is 23.4 Å². The van der Waals surface area contributed by atoms with Gasteiger partial charge in [-0.15, -0.1) is 11.8 Å². The standard InChI is InChI=1S/C12H14N2O3S/c1-2-18-11-4-3-9(7-13-11)14-12(15)10-8-16-5-6-17-10/h3-4,7-8H,2,5-6H2,1H3,(H,14,15). The molecule has 6 heteroatoms. The van der Waals surface area contributed by atoms with Crippen LogP contribution in [0.3, 0.4) is 0 Å². The second kappa shape index (κ2) is 6.30. The van der Waals surface area contributed by atoms with Crippen LogP contribution in [-0.4, -0.2) is 29.9 Å². The molecule has 1 N–H and O–H groups in total. The van der Waals surface area contributed by atoms with Crippen LogP contribution in [0, 0.1) is 0 Å². The summed E-state index contributed by atoms with van der Waals surface area (Å²) in [6.45, 7) is 2.93. The third kappa shape index (κ3) is 3.40. The first-order chi connectivity index (χ1) is 8.79. The van der Waals surface area contributed by atoms with E-state index in [0.29, 0.717) is 18.9 Å². The van der Waals surface area contributed by atoms with Crippen molar-refractivity contribution in [3.8, 4) is 0 Å². The number of anilines is 1. The van der Waals surface area contributed by atoms with Crippen LogP contribution in [0.1, 0.15) is 6.92 Å². The Kier molecular flexibility index (Phi) is 4.46. The largest absolute Gasteiger partial charge is 0.494 e. The quantitative estimate of drug-likeness (QED) is 0.845. The summed E-state index contributed by atoms with van der Waals surface area (Å²) < 4.78 is 10.2. The van der Waals surface area contributed by atoms with Crippen molar-refractivity contribution in [1.29, 1.82) is 0 Å². The van der Waals surface area contributed by atoms with Crippen molar-refractivity contribution in [2.75, 3.05) is 24.3 Å². The molecular weight excluding hydrogens is 252 g/mol. The fourth-order valence-corrected chi connectivity index (χ4v) is 1.95. The van der Waals surface area contributed by atoms with Gasteiger partial charge < -0.3 is 14.8 Å². The lowest BCUT2D eigenvalue weighted by Crippen LogP contribution is -2.21. The molecule has 2 heterocycles. The Morgan fingerprint density at radius 2 is 2.39 bits per heavy atom. The molecule has 0 saturated carbocycles. The SMILES string of the molecule is CCSc1ccc(NC(=O)C2=COCCO2)cn1. The van der Waals surface area contributed by atoms with Gasteiger partial charge in [-0.1, -0.05) is 6.92 Å². The lowest BCUT2D eigenvalue weighted by Gasteiger charge is -2.14. The molecule has 0 aliphatic carbocycles. The summed E-state index contributed by atoms with van der Waals surface area (Å²) in [7, 11) is 0. The first-order valence-electron chi connectivity index (χ1n) is 5.64. The van der Waals surface area contributed by atoms with Crippen LogP contribution in [0.5, 0.6) is 0 Å². The number of nitrogens with zero attached hydrogens (tertiary/aromatic N) is 1. The molecule has 2 rings (SSSR count). The smallest absolute Gasteiger partial charge is 0.294 e. The zero-order valence-electron chi connectivity index (χ0n) is 10.0. The van der Waals surface area contributed by atoms with Gasteiger partial charge in [-0.05, 0) is 17.9 Å². The van der Waals surface area contributed by atoms with Gasteiger partial charge in [-0.3, -0.25) is 4.79 Å². The summed E-state index contributed by atoms with van der Waals surface area (Å²) in [6.07, 6.45) is 2.95. The number of carbonyl (C=O) groups is 1. The zero-order chi connectivity index (χ0) is 12.8. The molecule has 0 fully saturated rings. The van der Waals surface area contributed by atoms with Crippen molar-refractivity contribution in [2.45, 2.75) is 11.9 Å². The van der Waals surface area contributed by atoms with Crippen molar-refractivity contribution in [1.82, 2.24) is 4.98 Å². The van der Waals surface area contributed by atoms with E-state index in [4.69, 9.17) is 9.47 Å². The number of nitrogens with one attached hydrogen (secondary N) is 1. The molecule has 0 saturated heterocycles. The topological polar surface area (TPSA) is 60.5 Å². The summed E-state index contributed by atoms with van der Waals surface area (Å²) in [5.41, 5.74) is 0.635. The van der Waals surface area contributed by atoms with E-state index in [2.05, 4.69) is 17.2 Å². The molecule has 1 aromatic rings. The first kappa shape index (κ1) is 12.8. The van der Waals surface area contributed by atoms with Gasteiger partial charge in [0.1, 0.15) is 19.5 Å². The maximum atomic E-state index is 11.8. The Bertz CT molecular complexity index is 445. The highest BCUT2D eigenvalue weighted by Crippen LogP contribution is 2.17. The minimum Gasteiger partial charge on any atom is -0.494 e. The average Bonchev–Trinajstić information content (AvgIpc) is 2.42. The van der Waals surface area contributed by atoms with E-state index in [1.54, 1.807) is 18.0 Å². The number of pyridine rings is 1. The molecule has 0 radical (unpaired) electrons. The molecule has 0 spiro atoms. The highest BCUT2D eigenvalue weighted by molar-refractivity contribution is 7.99. The second-order valence-corrected chi connectivity index (χ2v) is 4.76. The van der Waals surface area contributed by atoms with Crippen molar-refractivity contribution in [3.63, 3.8) is 0 Å². The predicted octanol–water partition coefficient (Wildman–Crippen LogP) is 2.02. The molecule has 0 bridgehead atoms. The number of aromatic nitrogens is 1. The van der Waals surface area contributed by atoms with E-state index in [1.165, 1.54) is 6.26 Å². The summed E-state index contributed by atoms with van der Waals surface area (Å²) in [5.74, 6) is 0.831. The average molecular weight is 266 g/mol. The van der Waals surface area contributed by atoms with Crippen molar-refractivity contribution in [3.05, 3.63) is 30.4 Å². The summed E-state index contributed by atoms with van der Waals surface area (Å²) in [6, 6.07) is 3.68. The third-order valence-corrected chi connectivity index (χ3v) is 2.99. The molecule has 18 heavy (non-hydrogen) atoms. The minimum atomic E-state index is -0.326. The normalized spacial score (nSPS) is 14.2. The van der Waals surface area contributed by atoms with Crippen LogP contribution in [-0.2, 0) is 14.3 Å². The molecule has 0 unspecified atom stereocenters. The van der Waals surface area contributed by atoms with Crippen LogP contribution in [0.25, 0.3) is 0 Å². The lowest BCUT2D eigenvalue weighted by molar-refractivity contribution is -0.117. The zero-order valence-corrected chi connectivity index (χ0v) is 10.8. The molecule has 0 aromatic carbocycles. The minimum absolute atomic E-state index is 0.188. The van der Waals surface area contributed by atoms with Gasteiger partial charge in [-0.25, -0.2) is 4.98 Å². The van der Waals surface area contributed by atoms with Gasteiger partial charge in [0, 0.05) is 0 Å². The number of hydrogen-bond donors (Lipinski definition) is 1. The van der Waals surface area contributed by atoms with Gasteiger partial charge in [-0.2, -0.15) is 0 Å². The molecule has 96 valence electrons. The van der Waals surface area contributed by atoms with E-state index in [0.717, 1.165) is 10.8 Å². The summed E-state index contributed by atoms with van der Waals surface area (Å²) in [4.78, 5) is 16.0. The highest BCUT2D eigenvalue weighted by atomic mass is 32.2. The fourth-order valence-electron chi connectivity index (χ4n) is 1.37. The number of amides is 1. The molecule has 1 aliphatic rings. The van der Waals surface area contributed by atoms with Crippen LogP contribution in [0.15, 0.2) is 35.4 Å². The summed E-state index contributed by atoms with van der Waals surface area (Å²) in [5, 5.41) is 3.63. The number of ether oxygens (including phenoxy) is 2. The Labute approximate surface area is 110 Å². The maximum absolute atomic E-state index is 11.8. The molecular formula is C12H14N2O3S. The Balaban J connectivity index is 1.96. The van der Waals surface area contributed by atoms with E-state index < -0.39 is 0 Å². The molecule has 1 aliphatic heterocycles. The van der Waals surface area contributed by atoms with Gasteiger partial charge in [0.05, 0.1) is 16.9 Å². The van der Waals surface area contributed by atoms with Crippen LogP contribution >= 0.6 is 11.8 Å². The molecule has 5 nitrogen and oxygen atoms in total. The molecule has 1 amide bonds. The van der Waals surface area contributed by atoms with Crippen LogP contribution < -0.4 is 5.32 Å². The maximum Gasteiger partial charge on any atom is 0.294 e. The second-order valence-electron chi connectivity index (χ2n) is 3.47. The number of carbonyl (C=O) groups excluding carboxylic acids is 1. The number of rotatable bonds is 4. The van der Waals surface area contributed by atoms with Gasteiger partial charge in [0.15, 0.2) is 0 Å². The molecule has 0 atom stereocenters. The first-order valence-corrected chi connectivity index (χ1v) is 6.63. The molecule has 1 aromatic heterocycles. The highest BCUT2D eigenvalue weighted by Gasteiger charge is 2.15. The van der Waals surface area contributed by atoms with Gasteiger partial charge in [0.2, 0.25) is 5.76 Å². The van der Waals surface area contributed by atoms with E-state index in [9.17, 15) is 4.79 Å². The van der Waals surface area contributed by atoms with Crippen LogP contribution in [0.2, 0.25) is 0 Å². The summed E-state index contributed by atoms with van der Waals surface area (Å²) >= 11 is 1.65. The third-order valence-electron chi connectivity index (χ3n) is 2.16. The predicted molar refractivity (Wildman–Crippen MR) is 69.3 cm³/mol. The Morgan fingerprint density at radius 1 is 1.50 bits per heavy atom. The Morgan fingerprint density at radius 3 is 3.00 bits per heavy atom. The monoisotopic (exact) mass is 266 g/mol. The Hall–Kier alpha value is -1.69. The number of thioether (sulfide) groups is 1. The van der Waals surface area contributed by atoms with E-state index in [1.807, 2.05) is 12.1 Å². The van der Waals surface area contributed by atoms with Gasteiger partial charge >= 0.3 is 0 Å². The van der Waals surface area contributed by atoms with Gasteiger partial charge in [0.25, 0.3) is 5.91 Å². The van der Waals surface area contributed by atoms with Crippen LogP contribution in [0.4, 0.5) is 5.69 Å². The lowest BCUT2D eigenvalue weighted by atomic mass is 10.4. The fraction of sp³-hybridized carbons (Fsp3) is 0.333. The van der Waals surface area contributed by atoms with Crippen molar-refractivity contribution < 1.29 is 14.3 Å². The van der Waals surface area contributed by atoms with E-state index in [-0.39, 0.29) is 11.7 Å².